The zero-order valence-electron chi connectivity index (χ0n) is 8.20. The number of aliphatic hydroxyl groups is 3. The van der Waals surface area contributed by atoms with Crippen LogP contribution in [0.5, 0.6) is 0 Å². The van der Waals surface area contributed by atoms with Crippen LogP contribution in [0.15, 0.2) is 0 Å². The molecule has 2 aliphatic carbocycles. The van der Waals surface area contributed by atoms with Crippen molar-refractivity contribution in [3.05, 3.63) is 0 Å². The number of rotatable bonds is 1. The fourth-order valence-corrected chi connectivity index (χ4v) is 3.52. The third-order valence-corrected chi connectivity index (χ3v) is 4.70. The summed E-state index contributed by atoms with van der Waals surface area (Å²) in [6, 6.07) is 0. The van der Waals surface area contributed by atoms with E-state index in [9.17, 15) is 15.3 Å². The summed E-state index contributed by atoms with van der Waals surface area (Å²) >= 11 is 0. The number of hydrogen-bond donors (Lipinski definition) is 3. The molecule has 2 rings (SSSR count). The second-order valence-electron chi connectivity index (χ2n) is 5.12. The lowest BCUT2D eigenvalue weighted by Crippen LogP contribution is -2.44. The molecule has 1 unspecified atom stereocenters. The van der Waals surface area contributed by atoms with Gasteiger partial charge in [-0.25, -0.2) is 0 Å². The molecule has 0 aromatic carbocycles. The molecule has 2 saturated carbocycles. The molecule has 76 valence electrons. The quantitative estimate of drug-likeness (QED) is 0.546. The third kappa shape index (κ3) is 0.808. The van der Waals surface area contributed by atoms with Crippen molar-refractivity contribution in [2.75, 3.05) is 6.61 Å². The van der Waals surface area contributed by atoms with Crippen molar-refractivity contribution in [1.82, 2.24) is 0 Å². The van der Waals surface area contributed by atoms with Crippen molar-refractivity contribution in [3.63, 3.8) is 0 Å². The highest BCUT2D eigenvalue weighted by Crippen LogP contribution is 2.65. The van der Waals surface area contributed by atoms with Crippen molar-refractivity contribution in [2.45, 2.75) is 38.9 Å². The van der Waals surface area contributed by atoms with Crippen LogP contribution in [0.3, 0.4) is 0 Å². The molecule has 0 spiro atoms. The van der Waals surface area contributed by atoms with E-state index in [0.29, 0.717) is 0 Å². The molecule has 0 amide bonds. The van der Waals surface area contributed by atoms with Gasteiger partial charge in [-0.2, -0.15) is 0 Å². The lowest BCUT2D eigenvalue weighted by atomic mass is 9.69. The van der Waals surface area contributed by atoms with E-state index in [2.05, 4.69) is 0 Å². The van der Waals surface area contributed by atoms with Gasteiger partial charge in [0.15, 0.2) is 0 Å². The summed E-state index contributed by atoms with van der Waals surface area (Å²) in [7, 11) is 0. The van der Waals surface area contributed by atoms with E-state index < -0.39 is 17.6 Å². The molecule has 0 saturated heterocycles. The van der Waals surface area contributed by atoms with Gasteiger partial charge in [-0.3, -0.25) is 0 Å². The second kappa shape index (κ2) is 2.47. The zero-order valence-corrected chi connectivity index (χ0v) is 8.20. The molecule has 0 heterocycles. The van der Waals surface area contributed by atoms with E-state index in [1.54, 1.807) is 0 Å². The minimum Gasteiger partial charge on any atom is -0.396 e. The average molecular weight is 186 g/mol. The predicted molar refractivity (Wildman–Crippen MR) is 48.0 cm³/mol. The molecule has 0 radical (unpaired) electrons. The van der Waals surface area contributed by atoms with Crippen LogP contribution >= 0.6 is 0 Å². The first-order valence-corrected chi connectivity index (χ1v) is 4.94. The van der Waals surface area contributed by atoms with Crippen LogP contribution < -0.4 is 0 Å². The van der Waals surface area contributed by atoms with Gasteiger partial charge in [0.2, 0.25) is 0 Å². The summed E-state index contributed by atoms with van der Waals surface area (Å²) in [5.41, 5.74) is -0.600. The van der Waals surface area contributed by atoms with Crippen LogP contribution in [-0.4, -0.2) is 34.1 Å². The van der Waals surface area contributed by atoms with Crippen molar-refractivity contribution in [3.8, 4) is 0 Å². The molecule has 0 aromatic rings. The zero-order chi connectivity index (χ0) is 9.85. The number of fused-ring (bicyclic) bond motifs is 2. The Balaban J connectivity index is 2.44. The Morgan fingerprint density at radius 1 is 1.31 bits per heavy atom. The molecule has 3 N–H and O–H groups in total. The maximum absolute atomic E-state index is 9.86. The Labute approximate surface area is 78.4 Å². The van der Waals surface area contributed by atoms with E-state index >= 15 is 0 Å². The fourth-order valence-electron chi connectivity index (χ4n) is 3.52. The van der Waals surface area contributed by atoms with Crippen molar-refractivity contribution < 1.29 is 15.3 Å². The van der Waals surface area contributed by atoms with Gasteiger partial charge in [0.1, 0.15) is 0 Å². The first-order chi connectivity index (χ1) is 5.97. The van der Waals surface area contributed by atoms with Crippen LogP contribution in [0.25, 0.3) is 0 Å². The van der Waals surface area contributed by atoms with E-state index in [4.69, 9.17) is 0 Å². The van der Waals surface area contributed by atoms with Crippen LogP contribution in [-0.2, 0) is 0 Å². The topological polar surface area (TPSA) is 60.7 Å². The largest absolute Gasteiger partial charge is 0.396 e. The maximum Gasteiger partial charge on any atom is 0.0885 e. The van der Waals surface area contributed by atoms with Gasteiger partial charge in [-0.1, -0.05) is 13.8 Å². The summed E-state index contributed by atoms with van der Waals surface area (Å²) in [6.07, 6.45) is 0.368. The van der Waals surface area contributed by atoms with Gasteiger partial charge in [-0.15, -0.1) is 0 Å². The summed E-state index contributed by atoms with van der Waals surface area (Å²) in [4.78, 5) is 0. The third-order valence-electron chi connectivity index (χ3n) is 4.70. The molecule has 4 atom stereocenters. The lowest BCUT2D eigenvalue weighted by Gasteiger charge is -2.38. The Kier molecular flexibility index (Phi) is 1.79. The highest BCUT2D eigenvalue weighted by molar-refractivity contribution is 5.16. The second-order valence-corrected chi connectivity index (χ2v) is 5.12. The summed E-state index contributed by atoms with van der Waals surface area (Å²) in [6.45, 7) is 4.06. The minimum atomic E-state index is -0.744. The maximum atomic E-state index is 9.86. The fraction of sp³-hybridized carbons (Fsp3) is 1.00. The average Bonchev–Trinajstić information content (AvgIpc) is 2.41. The van der Waals surface area contributed by atoms with Gasteiger partial charge in [0, 0.05) is 5.41 Å². The molecule has 0 aromatic heterocycles. The summed E-state index contributed by atoms with van der Waals surface area (Å²) in [5.74, 6) is 0.148. The molecule has 2 bridgehead atoms. The van der Waals surface area contributed by atoms with Gasteiger partial charge < -0.3 is 15.3 Å². The number of aliphatic hydroxyl groups excluding tert-OH is 3. The van der Waals surface area contributed by atoms with Crippen molar-refractivity contribution >= 4 is 0 Å². The van der Waals surface area contributed by atoms with Crippen LogP contribution in [0, 0.1) is 16.7 Å². The standard InChI is InChI=1S/C10H18O3/c1-9(2)6-3-4-10(9,5-11)8(13)7(6)12/h6-8,11-13H,3-5H2,1-2H3/t6-,7?,8+,10-/m0/s1. The Hall–Kier alpha value is -0.120. The molecular formula is C10H18O3. The SMILES string of the molecule is CC1(C)[C@H]2CC[C@]1(CO)[C@H](O)C2O. The molecule has 2 aliphatic rings. The van der Waals surface area contributed by atoms with Gasteiger partial charge in [-0.05, 0) is 24.2 Å². The molecule has 3 heteroatoms. The molecule has 13 heavy (non-hydrogen) atoms. The summed E-state index contributed by atoms with van der Waals surface area (Å²) < 4.78 is 0. The highest BCUT2D eigenvalue weighted by Gasteiger charge is 2.67. The van der Waals surface area contributed by atoms with Gasteiger partial charge >= 0.3 is 0 Å². The van der Waals surface area contributed by atoms with Crippen LogP contribution in [0.2, 0.25) is 0 Å². The molecular weight excluding hydrogens is 168 g/mol. The number of hydrogen-bond acceptors (Lipinski definition) is 3. The lowest BCUT2D eigenvalue weighted by molar-refractivity contribution is -0.0822. The molecule has 2 fully saturated rings. The Morgan fingerprint density at radius 2 is 1.92 bits per heavy atom. The molecule has 3 nitrogen and oxygen atoms in total. The predicted octanol–water partition coefficient (Wildman–Crippen LogP) is 0.137. The monoisotopic (exact) mass is 186 g/mol. The van der Waals surface area contributed by atoms with E-state index in [1.165, 1.54) is 0 Å². The Morgan fingerprint density at radius 3 is 2.23 bits per heavy atom. The minimum absolute atomic E-state index is 0.0191. The Bertz CT molecular complexity index is 226. The van der Waals surface area contributed by atoms with Crippen LogP contribution in [0.4, 0.5) is 0 Å². The van der Waals surface area contributed by atoms with Crippen molar-refractivity contribution in [2.24, 2.45) is 16.7 Å². The first kappa shape index (κ1) is 9.44. The van der Waals surface area contributed by atoms with Gasteiger partial charge in [0.25, 0.3) is 0 Å². The van der Waals surface area contributed by atoms with E-state index in [1.807, 2.05) is 13.8 Å². The van der Waals surface area contributed by atoms with E-state index in [0.717, 1.165) is 12.8 Å². The summed E-state index contributed by atoms with van der Waals surface area (Å²) in [5, 5.41) is 29.0. The van der Waals surface area contributed by atoms with Gasteiger partial charge in [0.05, 0.1) is 18.8 Å². The smallest absolute Gasteiger partial charge is 0.0885 e. The molecule has 0 aliphatic heterocycles. The van der Waals surface area contributed by atoms with Crippen molar-refractivity contribution in [1.29, 1.82) is 0 Å². The van der Waals surface area contributed by atoms with Crippen LogP contribution in [0.1, 0.15) is 26.7 Å². The first-order valence-electron chi connectivity index (χ1n) is 4.94. The highest BCUT2D eigenvalue weighted by atomic mass is 16.3. The normalized spacial score (nSPS) is 52.8. The van der Waals surface area contributed by atoms with E-state index in [-0.39, 0.29) is 17.9 Å².